The molecule has 0 radical (unpaired) electrons. The summed E-state index contributed by atoms with van der Waals surface area (Å²) in [6.45, 7) is 0. The zero-order valence-electron chi connectivity index (χ0n) is 14.2. The first-order valence-corrected chi connectivity index (χ1v) is 7.72. The first-order chi connectivity index (χ1) is 12.7. The van der Waals surface area contributed by atoms with Crippen LogP contribution in [-0.4, -0.2) is 31.1 Å². The Balaban J connectivity index is 2.25. The van der Waals surface area contributed by atoms with Gasteiger partial charge in [-0.1, -0.05) is 42.5 Å². The van der Waals surface area contributed by atoms with Crippen LogP contribution in [0.5, 0.6) is 0 Å². The van der Waals surface area contributed by atoms with Crippen LogP contribution in [0.4, 0.5) is 11.5 Å². The van der Waals surface area contributed by atoms with Crippen LogP contribution in [-0.2, 0) is 9.47 Å². The third kappa shape index (κ3) is 3.27. The number of rotatable bonds is 4. The van der Waals surface area contributed by atoms with Crippen LogP contribution >= 0.6 is 0 Å². The van der Waals surface area contributed by atoms with Crippen molar-refractivity contribution >= 4 is 34.2 Å². The van der Waals surface area contributed by atoms with E-state index in [0.717, 1.165) is 0 Å². The van der Waals surface area contributed by atoms with Gasteiger partial charge in [0, 0.05) is 10.8 Å². The lowest BCUT2D eigenvalue weighted by Crippen LogP contribution is -2.14. The second kappa shape index (κ2) is 7.52. The molecule has 0 aliphatic heterocycles. The van der Waals surface area contributed by atoms with Gasteiger partial charge in [0.2, 0.25) is 0 Å². The lowest BCUT2D eigenvalue weighted by Gasteiger charge is -2.10. The average molecular weight is 349 g/mol. The molecule has 1 aromatic heterocycles. The molecule has 2 aromatic carbocycles. The molecule has 3 rings (SSSR count). The summed E-state index contributed by atoms with van der Waals surface area (Å²) in [5.41, 5.74) is 0.503. The quantitative estimate of drug-likeness (QED) is 0.519. The topological polar surface area (TPSA) is 90.2 Å². The molecule has 130 valence electrons. The van der Waals surface area contributed by atoms with E-state index in [1.165, 1.54) is 14.2 Å². The van der Waals surface area contributed by atoms with Gasteiger partial charge < -0.3 is 9.47 Å². The number of pyridine rings is 1. The molecule has 0 aliphatic carbocycles. The van der Waals surface area contributed by atoms with Gasteiger partial charge in [-0.05, 0) is 12.1 Å². The number of hydrogen-bond acceptors (Lipinski definition) is 7. The number of esters is 2. The normalized spacial score (nSPS) is 10.8. The van der Waals surface area contributed by atoms with E-state index in [-0.39, 0.29) is 17.1 Å². The molecule has 0 amide bonds. The van der Waals surface area contributed by atoms with Crippen LogP contribution in [0.1, 0.15) is 20.8 Å². The Kier molecular flexibility index (Phi) is 4.98. The van der Waals surface area contributed by atoms with Crippen LogP contribution in [0, 0.1) is 0 Å². The first-order valence-electron chi connectivity index (χ1n) is 7.72. The minimum atomic E-state index is -0.757. The molecule has 7 heteroatoms. The maximum absolute atomic E-state index is 12.2. The summed E-state index contributed by atoms with van der Waals surface area (Å²) in [4.78, 5) is 28.6. The van der Waals surface area contributed by atoms with Gasteiger partial charge in [0.25, 0.3) is 0 Å². The van der Waals surface area contributed by atoms with Crippen molar-refractivity contribution in [3.8, 4) is 0 Å². The highest BCUT2D eigenvalue weighted by molar-refractivity contribution is 6.13. The molecule has 0 N–H and O–H groups in total. The number of nitrogens with zero attached hydrogens (tertiary/aromatic N) is 3. The van der Waals surface area contributed by atoms with Crippen LogP contribution in [0.15, 0.2) is 64.8 Å². The summed E-state index contributed by atoms with van der Waals surface area (Å²) in [6, 6.07) is 16.1. The molecule has 0 spiro atoms. The summed E-state index contributed by atoms with van der Waals surface area (Å²) in [7, 11) is 2.45. The number of aromatic nitrogens is 1. The van der Waals surface area contributed by atoms with Gasteiger partial charge in [0.05, 0.1) is 19.9 Å². The van der Waals surface area contributed by atoms with E-state index < -0.39 is 11.9 Å². The molecule has 0 saturated heterocycles. The molecule has 0 aliphatic rings. The minimum Gasteiger partial charge on any atom is -0.465 e. The fraction of sp³-hybridized carbons (Fsp3) is 0.105. The summed E-state index contributed by atoms with van der Waals surface area (Å²) < 4.78 is 9.56. The van der Waals surface area contributed by atoms with E-state index in [4.69, 9.17) is 9.47 Å². The predicted octanol–water partition coefficient (Wildman–Crippen LogP) is 4.22. The third-order valence-corrected chi connectivity index (χ3v) is 3.68. The third-order valence-electron chi connectivity index (χ3n) is 3.68. The largest absolute Gasteiger partial charge is 0.465 e. The van der Waals surface area contributed by atoms with Gasteiger partial charge >= 0.3 is 11.9 Å². The van der Waals surface area contributed by atoms with Gasteiger partial charge in [-0.3, -0.25) is 0 Å². The van der Waals surface area contributed by atoms with Crippen molar-refractivity contribution in [3.05, 3.63) is 65.9 Å². The highest BCUT2D eigenvalue weighted by Gasteiger charge is 2.25. The Morgan fingerprint density at radius 1 is 0.808 bits per heavy atom. The summed E-state index contributed by atoms with van der Waals surface area (Å²) >= 11 is 0. The van der Waals surface area contributed by atoms with E-state index in [1.54, 1.807) is 36.4 Å². The van der Waals surface area contributed by atoms with Crippen LogP contribution in [0.3, 0.4) is 0 Å². The van der Waals surface area contributed by atoms with E-state index in [2.05, 4.69) is 15.2 Å². The molecular weight excluding hydrogens is 334 g/mol. The minimum absolute atomic E-state index is 0.0358. The molecule has 1 heterocycles. The summed E-state index contributed by atoms with van der Waals surface area (Å²) in [6.07, 6.45) is 0. The van der Waals surface area contributed by atoms with Gasteiger partial charge in [-0.25, -0.2) is 14.6 Å². The smallest absolute Gasteiger partial charge is 0.357 e. The molecule has 0 saturated carbocycles. The van der Waals surface area contributed by atoms with Crippen LogP contribution < -0.4 is 0 Å². The standard InChI is InChI=1S/C19H15N3O4/c1-25-18(23)15-13-10-6-7-11-14(13)17(20-16(15)19(24)26-2)22-21-12-8-4-3-5-9-12/h3-11H,1-2H3. The molecule has 26 heavy (non-hydrogen) atoms. The van der Waals surface area contributed by atoms with Crippen LogP contribution in [0.25, 0.3) is 10.8 Å². The molecule has 0 bridgehead atoms. The second-order valence-electron chi connectivity index (χ2n) is 5.22. The van der Waals surface area contributed by atoms with Crippen molar-refractivity contribution in [2.75, 3.05) is 14.2 Å². The van der Waals surface area contributed by atoms with E-state index in [1.807, 2.05) is 18.2 Å². The fourth-order valence-corrected chi connectivity index (χ4v) is 2.47. The molecule has 3 aromatic rings. The molecule has 0 unspecified atom stereocenters. The van der Waals surface area contributed by atoms with Gasteiger partial charge in [-0.2, -0.15) is 0 Å². The number of hydrogen-bond donors (Lipinski definition) is 0. The first kappa shape index (κ1) is 17.2. The Hall–Kier alpha value is -3.61. The number of carbonyl (C=O) groups is 2. The van der Waals surface area contributed by atoms with Gasteiger partial charge in [0.1, 0.15) is 5.56 Å². The maximum atomic E-state index is 12.2. The Bertz CT molecular complexity index is 1000. The molecule has 0 atom stereocenters. The van der Waals surface area contributed by atoms with Gasteiger partial charge in [0.15, 0.2) is 11.5 Å². The van der Waals surface area contributed by atoms with Crippen molar-refractivity contribution in [1.29, 1.82) is 0 Å². The monoisotopic (exact) mass is 349 g/mol. The molecule has 0 fully saturated rings. The molecule has 7 nitrogen and oxygen atoms in total. The Morgan fingerprint density at radius 3 is 2.08 bits per heavy atom. The van der Waals surface area contributed by atoms with Gasteiger partial charge in [-0.15, -0.1) is 10.2 Å². The average Bonchev–Trinajstić information content (AvgIpc) is 2.71. The SMILES string of the molecule is COC(=O)c1nc(N=Nc2ccccc2)c2ccccc2c1C(=O)OC. The lowest BCUT2D eigenvalue weighted by atomic mass is 10.0. The lowest BCUT2D eigenvalue weighted by molar-refractivity contribution is 0.0552. The number of benzene rings is 2. The Morgan fingerprint density at radius 2 is 1.42 bits per heavy atom. The maximum Gasteiger partial charge on any atom is 0.357 e. The Labute approximate surface area is 149 Å². The summed E-state index contributed by atoms with van der Waals surface area (Å²) in [5, 5.41) is 9.36. The van der Waals surface area contributed by atoms with Crippen molar-refractivity contribution < 1.29 is 19.1 Å². The van der Waals surface area contributed by atoms with Crippen molar-refractivity contribution in [1.82, 2.24) is 4.98 Å². The number of azo groups is 1. The predicted molar refractivity (Wildman–Crippen MR) is 95.0 cm³/mol. The zero-order chi connectivity index (χ0) is 18.5. The fourth-order valence-electron chi connectivity index (χ4n) is 2.47. The number of methoxy groups -OCH3 is 2. The van der Waals surface area contributed by atoms with Crippen molar-refractivity contribution in [2.24, 2.45) is 10.2 Å². The number of carbonyl (C=O) groups excluding carboxylic acids is 2. The van der Waals surface area contributed by atoms with E-state index >= 15 is 0 Å². The molecular formula is C19H15N3O4. The zero-order valence-corrected chi connectivity index (χ0v) is 14.2. The summed E-state index contributed by atoms with van der Waals surface area (Å²) in [5.74, 6) is -1.23. The van der Waals surface area contributed by atoms with E-state index in [9.17, 15) is 9.59 Å². The van der Waals surface area contributed by atoms with Crippen LogP contribution in [0.2, 0.25) is 0 Å². The van der Waals surface area contributed by atoms with E-state index in [0.29, 0.717) is 16.5 Å². The highest BCUT2D eigenvalue weighted by atomic mass is 16.5. The second-order valence-corrected chi connectivity index (χ2v) is 5.22. The number of ether oxygens (including phenoxy) is 2. The van der Waals surface area contributed by atoms with Crippen molar-refractivity contribution in [2.45, 2.75) is 0 Å². The highest BCUT2D eigenvalue weighted by Crippen LogP contribution is 2.31. The number of fused-ring (bicyclic) bond motifs is 1. The van der Waals surface area contributed by atoms with Crippen molar-refractivity contribution in [3.63, 3.8) is 0 Å².